The zero-order chi connectivity index (χ0) is 15.4. The Bertz CT molecular complexity index is 619. The van der Waals surface area contributed by atoms with E-state index < -0.39 is 0 Å². The van der Waals surface area contributed by atoms with Gasteiger partial charge >= 0.3 is 0 Å². The molecule has 21 heavy (non-hydrogen) atoms. The Morgan fingerprint density at radius 2 is 1.71 bits per heavy atom. The summed E-state index contributed by atoms with van der Waals surface area (Å²) in [6.07, 6.45) is 0. The van der Waals surface area contributed by atoms with Gasteiger partial charge in [0.15, 0.2) is 11.5 Å². The summed E-state index contributed by atoms with van der Waals surface area (Å²) in [4.78, 5) is 0. The molecule has 0 aliphatic rings. The number of hydrogen-bond acceptors (Lipinski definition) is 3. The second-order valence-electron chi connectivity index (χ2n) is 4.28. The molecule has 1 N–H and O–H groups in total. The zero-order valence-corrected chi connectivity index (χ0v) is 13.5. The van der Waals surface area contributed by atoms with Gasteiger partial charge in [0, 0.05) is 32.3 Å². The molecular formula is C15H13Cl3O3. The molecule has 0 heterocycles. The molecule has 0 fully saturated rings. The van der Waals surface area contributed by atoms with E-state index in [-0.39, 0.29) is 13.2 Å². The third kappa shape index (κ3) is 3.95. The maximum absolute atomic E-state index is 9.42. The molecule has 6 heteroatoms. The maximum Gasteiger partial charge on any atom is 0.167 e. The Hall–Kier alpha value is -1.13. The molecule has 0 atom stereocenters. The van der Waals surface area contributed by atoms with Crippen LogP contribution in [0.5, 0.6) is 11.5 Å². The van der Waals surface area contributed by atoms with E-state index >= 15 is 0 Å². The molecule has 2 aromatic rings. The molecule has 0 radical (unpaired) electrons. The van der Waals surface area contributed by atoms with Crippen LogP contribution in [0.4, 0.5) is 0 Å². The molecule has 0 saturated heterocycles. The first-order valence-electron chi connectivity index (χ1n) is 6.09. The standard InChI is InChI=1S/C15H13Cl3O3/c1-20-14-6-12(17)4-9(7-19)15(14)21-8-10-5-11(16)2-3-13(10)18/h2-6,19H,7-8H2,1H3. The molecule has 0 aromatic heterocycles. The quantitative estimate of drug-likeness (QED) is 0.850. The topological polar surface area (TPSA) is 38.7 Å². The van der Waals surface area contributed by atoms with Crippen LogP contribution in [-0.2, 0) is 13.2 Å². The minimum atomic E-state index is -0.213. The van der Waals surface area contributed by atoms with E-state index in [1.165, 1.54) is 7.11 Å². The molecular weight excluding hydrogens is 335 g/mol. The highest BCUT2D eigenvalue weighted by atomic mass is 35.5. The monoisotopic (exact) mass is 346 g/mol. The lowest BCUT2D eigenvalue weighted by molar-refractivity contribution is 0.250. The third-order valence-corrected chi connectivity index (χ3v) is 3.69. The number of hydrogen-bond donors (Lipinski definition) is 1. The van der Waals surface area contributed by atoms with Gasteiger partial charge in [-0.05, 0) is 24.3 Å². The number of ether oxygens (including phenoxy) is 2. The number of methoxy groups -OCH3 is 1. The van der Waals surface area contributed by atoms with Crippen molar-refractivity contribution in [3.05, 3.63) is 56.5 Å². The van der Waals surface area contributed by atoms with Gasteiger partial charge in [0.05, 0.1) is 13.7 Å². The summed E-state index contributed by atoms with van der Waals surface area (Å²) >= 11 is 18.0. The average molecular weight is 348 g/mol. The summed E-state index contributed by atoms with van der Waals surface area (Å²) in [5, 5.41) is 11.0. The molecule has 0 aliphatic carbocycles. The molecule has 0 bridgehead atoms. The van der Waals surface area contributed by atoms with Crippen molar-refractivity contribution < 1.29 is 14.6 Å². The number of halogens is 3. The summed E-state index contributed by atoms with van der Waals surface area (Å²) < 4.78 is 11.0. The van der Waals surface area contributed by atoms with Gasteiger partial charge < -0.3 is 14.6 Å². The Balaban J connectivity index is 2.29. The van der Waals surface area contributed by atoms with Crippen LogP contribution in [0.1, 0.15) is 11.1 Å². The average Bonchev–Trinajstić information content (AvgIpc) is 2.48. The van der Waals surface area contributed by atoms with E-state index in [0.29, 0.717) is 32.1 Å². The van der Waals surface area contributed by atoms with Crippen molar-refractivity contribution in [2.45, 2.75) is 13.2 Å². The summed E-state index contributed by atoms with van der Waals surface area (Å²) in [5.41, 5.74) is 1.28. The van der Waals surface area contributed by atoms with Crippen molar-refractivity contribution in [3.8, 4) is 11.5 Å². The second-order valence-corrected chi connectivity index (χ2v) is 5.56. The van der Waals surface area contributed by atoms with Crippen molar-refractivity contribution in [1.29, 1.82) is 0 Å². The normalized spacial score (nSPS) is 10.5. The van der Waals surface area contributed by atoms with Crippen molar-refractivity contribution in [2.75, 3.05) is 7.11 Å². The van der Waals surface area contributed by atoms with Crippen LogP contribution in [0.3, 0.4) is 0 Å². The van der Waals surface area contributed by atoms with Gasteiger partial charge in [-0.25, -0.2) is 0 Å². The predicted octanol–water partition coefficient (Wildman–Crippen LogP) is 4.73. The van der Waals surface area contributed by atoms with Crippen molar-refractivity contribution in [1.82, 2.24) is 0 Å². The van der Waals surface area contributed by atoms with Crippen LogP contribution >= 0.6 is 34.8 Å². The maximum atomic E-state index is 9.42. The lowest BCUT2D eigenvalue weighted by Gasteiger charge is -2.15. The molecule has 112 valence electrons. The summed E-state index contributed by atoms with van der Waals surface area (Å²) in [7, 11) is 1.51. The number of benzene rings is 2. The Kier molecular flexibility index (Phi) is 5.59. The minimum Gasteiger partial charge on any atom is -0.493 e. The predicted molar refractivity (Wildman–Crippen MR) is 84.7 cm³/mol. The Morgan fingerprint density at radius 1 is 1.00 bits per heavy atom. The lowest BCUT2D eigenvalue weighted by Crippen LogP contribution is -2.02. The van der Waals surface area contributed by atoms with Crippen LogP contribution in [0.2, 0.25) is 15.1 Å². The highest BCUT2D eigenvalue weighted by Gasteiger charge is 2.13. The van der Waals surface area contributed by atoms with Crippen molar-refractivity contribution >= 4 is 34.8 Å². The van der Waals surface area contributed by atoms with E-state index in [1.807, 2.05) is 0 Å². The van der Waals surface area contributed by atoms with Gasteiger partial charge in [-0.15, -0.1) is 0 Å². The molecule has 0 saturated carbocycles. The molecule has 0 unspecified atom stereocenters. The van der Waals surface area contributed by atoms with Crippen molar-refractivity contribution in [2.24, 2.45) is 0 Å². The van der Waals surface area contributed by atoms with Gasteiger partial charge in [0.2, 0.25) is 0 Å². The Morgan fingerprint density at radius 3 is 2.38 bits per heavy atom. The van der Waals surface area contributed by atoms with E-state index in [1.54, 1.807) is 30.3 Å². The van der Waals surface area contributed by atoms with Crippen LogP contribution < -0.4 is 9.47 Å². The molecule has 0 spiro atoms. The second kappa shape index (κ2) is 7.23. The highest BCUT2D eigenvalue weighted by Crippen LogP contribution is 2.35. The molecule has 2 rings (SSSR count). The molecule has 0 amide bonds. The summed E-state index contributed by atoms with van der Waals surface area (Å²) in [6, 6.07) is 8.38. The first-order chi connectivity index (χ1) is 10.0. The fourth-order valence-corrected chi connectivity index (χ4v) is 2.46. The molecule has 3 nitrogen and oxygen atoms in total. The lowest BCUT2D eigenvalue weighted by atomic mass is 10.2. The number of aliphatic hydroxyl groups excluding tert-OH is 1. The SMILES string of the molecule is COc1cc(Cl)cc(CO)c1OCc1cc(Cl)ccc1Cl. The molecule has 2 aromatic carbocycles. The molecule has 0 aliphatic heterocycles. The van der Waals surface area contributed by atoms with Crippen LogP contribution in [0.25, 0.3) is 0 Å². The highest BCUT2D eigenvalue weighted by molar-refractivity contribution is 6.33. The van der Waals surface area contributed by atoms with Crippen LogP contribution in [-0.4, -0.2) is 12.2 Å². The van der Waals surface area contributed by atoms with E-state index in [9.17, 15) is 5.11 Å². The largest absolute Gasteiger partial charge is 0.493 e. The van der Waals surface area contributed by atoms with Gasteiger partial charge in [0.1, 0.15) is 6.61 Å². The third-order valence-electron chi connectivity index (χ3n) is 2.87. The van der Waals surface area contributed by atoms with Gasteiger partial charge in [-0.1, -0.05) is 34.8 Å². The van der Waals surface area contributed by atoms with Gasteiger partial charge in [-0.2, -0.15) is 0 Å². The van der Waals surface area contributed by atoms with E-state index in [4.69, 9.17) is 44.3 Å². The number of aliphatic hydroxyl groups is 1. The summed E-state index contributed by atoms with van der Waals surface area (Å²) in [6.45, 7) is -0.0140. The van der Waals surface area contributed by atoms with E-state index in [0.717, 1.165) is 5.56 Å². The van der Waals surface area contributed by atoms with E-state index in [2.05, 4.69) is 0 Å². The van der Waals surface area contributed by atoms with Gasteiger partial charge in [0.25, 0.3) is 0 Å². The van der Waals surface area contributed by atoms with Crippen molar-refractivity contribution in [3.63, 3.8) is 0 Å². The van der Waals surface area contributed by atoms with Crippen LogP contribution in [0.15, 0.2) is 30.3 Å². The van der Waals surface area contributed by atoms with Gasteiger partial charge in [-0.3, -0.25) is 0 Å². The fourth-order valence-electron chi connectivity index (χ4n) is 1.86. The van der Waals surface area contributed by atoms with Crippen LogP contribution in [0, 0.1) is 0 Å². The Labute approximate surface area is 138 Å². The fraction of sp³-hybridized carbons (Fsp3) is 0.200. The first kappa shape index (κ1) is 16.2. The first-order valence-corrected chi connectivity index (χ1v) is 7.22. The summed E-state index contributed by atoms with van der Waals surface area (Å²) in [5.74, 6) is 0.880. The smallest absolute Gasteiger partial charge is 0.167 e. The minimum absolute atomic E-state index is 0.199. The zero-order valence-electron chi connectivity index (χ0n) is 11.2. The number of rotatable bonds is 5.